The molecule has 20 heavy (non-hydrogen) atoms. The molecular formula is C11H13N3O6. The molecule has 1 rings (SSSR count). The summed E-state index contributed by atoms with van der Waals surface area (Å²) in [5, 5.41) is 23.7. The number of nitrogens with one attached hydrogen (secondary N) is 2. The zero-order valence-electron chi connectivity index (χ0n) is 10.6. The van der Waals surface area contributed by atoms with E-state index in [9.17, 15) is 19.7 Å². The first-order chi connectivity index (χ1) is 9.43. The van der Waals surface area contributed by atoms with Gasteiger partial charge >= 0.3 is 17.7 Å². The van der Waals surface area contributed by atoms with Crippen LogP contribution in [0.15, 0.2) is 18.2 Å². The molecule has 0 fully saturated rings. The average Bonchev–Trinajstić information content (AvgIpc) is 2.42. The van der Waals surface area contributed by atoms with Crippen LogP contribution in [0.1, 0.15) is 5.56 Å². The molecule has 0 unspecified atom stereocenters. The van der Waals surface area contributed by atoms with Crippen LogP contribution in [-0.4, -0.2) is 35.7 Å². The van der Waals surface area contributed by atoms with Crippen molar-refractivity contribution in [3.05, 3.63) is 33.9 Å². The van der Waals surface area contributed by atoms with E-state index < -0.39 is 23.5 Å². The fourth-order valence-electron chi connectivity index (χ4n) is 1.39. The van der Waals surface area contributed by atoms with Crippen molar-refractivity contribution in [3.63, 3.8) is 0 Å². The normalized spacial score (nSPS) is 9.65. The molecule has 0 aliphatic rings. The van der Waals surface area contributed by atoms with Gasteiger partial charge in [0.25, 0.3) is 0 Å². The fourth-order valence-corrected chi connectivity index (χ4v) is 1.39. The molecule has 1 aromatic rings. The molecule has 0 aliphatic heterocycles. The Labute approximate surface area is 113 Å². The molecule has 3 N–H and O–H groups in total. The van der Waals surface area contributed by atoms with Crippen LogP contribution in [0, 0.1) is 10.1 Å². The highest BCUT2D eigenvalue weighted by Crippen LogP contribution is 2.27. The lowest BCUT2D eigenvalue weighted by Crippen LogP contribution is -2.37. The largest absolute Gasteiger partial charge is 0.490 e. The maximum atomic E-state index is 11.2. The van der Waals surface area contributed by atoms with Gasteiger partial charge in [0.1, 0.15) is 6.54 Å². The van der Waals surface area contributed by atoms with Gasteiger partial charge in [0.2, 0.25) is 0 Å². The van der Waals surface area contributed by atoms with Crippen LogP contribution in [0.3, 0.4) is 0 Å². The molecule has 0 aliphatic carbocycles. The number of amides is 2. The quantitative estimate of drug-likeness (QED) is 0.514. The van der Waals surface area contributed by atoms with Crippen LogP contribution in [-0.2, 0) is 11.3 Å². The van der Waals surface area contributed by atoms with Gasteiger partial charge < -0.3 is 20.5 Å². The number of hydrogen-bond donors (Lipinski definition) is 3. The van der Waals surface area contributed by atoms with E-state index in [1.165, 1.54) is 19.2 Å². The van der Waals surface area contributed by atoms with Crippen molar-refractivity contribution in [1.82, 2.24) is 10.6 Å². The van der Waals surface area contributed by atoms with Crippen molar-refractivity contribution in [2.45, 2.75) is 6.54 Å². The number of nitro benzene ring substituents is 1. The fraction of sp³-hybridized carbons (Fsp3) is 0.273. The average molecular weight is 283 g/mol. The number of nitrogens with zero attached hydrogens (tertiary/aromatic N) is 1. The standard InChI is InChI=1S/C11H13N3O6/c1-20-9-3-2-7(4-8(9)14(18)19)5-12-11(17)13-6-10(15)16/h2-4H,5-6H2,1H3,(H,15,16)(H2,12,13,17). The molecular weight excluding hydrogens is 270 g/mol. The van der Waals surface area contributed by atoms with E-state index in [4.69, 9.17) is 9.84 Å². The second-order valence-corrected chi connectivity index (χ2v) is 3.69. The van der Waals surface area contributed by atoms with Crippen molar-refractivity contribution in [2.75, 3.05) is 13.7 Å². The summed E-state index contributed by atoms with van der Waals surface area (Å²) >= 11 is 0. The molecule has 0 heterocycles. The number of methoxy groups -OCH3 is 1. The van der Waals surface area contributed by atoms with E-state index in [0.29, 0.717) is 5.56 Å². The van der Waals surface area contributed by atoms with Crippen LogP contribution < -0.4 is 15.4 Å². The molecule has 0 spiro atoms. The van der Waals surface area contributed by atoms with Crippen LogP contribution in [0.5, 0.6) is 5.75 Å². The monoisotopic (exact) mass is 283 g/mol. The predicted molar refractivity (Wildman–Crippen MR) is 67.5 cm³/mol. The van der Waals surface area contributed by atoms with E-state index in [-0.39, 0.29) is 18.0 Å². The summed E-state index contributed by atoms with van der Waals surface area (Å²) in [6, 6.07) is 3.58. The minimum absolute atomic E-state index is 0.0241. The Morgan fingerprint density at radius 3 is 2.65 bits per heavy atom. The minimum atomic E-state index is -1.17. The summed E-state index contributed by atoms with van der Waals surface area (Å²) in [6.07, 6.45) is 0. The molecule has 0 radical (unpaired) electrons. The lowest BCUT2D eigenvalue weighted by Gasteiger charge is -2.07. The predicted octanol–water partition coefficient (Wildman–Crippen LogP) is 0.487. The zero-order valence-corrected chi connectivity index (χ0v) is 10.6. The van der Waals surface area contributed by atoms with Crippen molar-refractivity contribution >= 4 is 17.7 Å². The molecule has 9 nitrogen and oxygen atoms in total. The number of nitro groups is 1. The molecule has 108 valence electrons. The Morgan fingerprint density at radius 2 is 2.10 bits per heavy atom. The topological polar surface area (TPSA) is 131 Å². The van der Waals surface area contributed by atoms with Crippen LogP contribution in [0.4, 0.5) is 10.5 Å². The third-order valence-corrected chi connectivity index (χ3v) is 2.29. The van der Waals surface area contributed by atoms with E-state index in [1.54, 1.807) is 6.07 Å². The van der Waals surface area contributed by atoms with Crippen LogP contribution >= 0.6 is 0 Å². The van der Waals surface area contributed by atoms with E-state index in [0.717, 1.165) is 0 Å². The van der Waals surface area contributed by atoms with Gasteiger partial charge in [-0.05, 0) is 11.6 Å². The Kier molecular flexibility index (Phi) is 5.27. The van der Waals surface area contributed by atoms with Gasteiger partial charge in [-0.2, -0.15) is 0 Å². The lowest BCUT2D eigenvalue weighted by molar-refractivity contribution is -0.385. The van der Waals surface area contributed by atoms with Gasteiger partial charge in [0, 0.05) is 12.6 Å². The molecule has 0 bridgehead atoms. The Bertz CT molecular complexity index is 531. The maximum Gasteiger partial charge on any atom is 0.323 e. The summed E-state index contributed by atoms with van der Waals surface area (Å²) in [7, 11) is 1.32. The van der Waals surface area contributed by atoms with E-state index in [1.807, 2.05) is 0 Å². The number of carboxylic acids is 1. The van der Waals surface area contributed by atoms with Gasteiger partial charge in [0.05, 0.1) is 12.0 Å². The maximum absolute atomic E-state index is 11.2. The second kappa shape index (κ2) is 6.92. The Balaban J connectivity index is 2.65. The molecule has 1 aromatic carbocycles. The van der Waals surface area contributed by atoms with Gasteiger partial charge in [-0.1, -0.05) is 6.07 Å². The number of rotatable bonds is 6. The van der Waals surface area contributed by atoms with Crippen molar-refractivity contribution in [3.8, 4) is 5.75 Å². The van der Waals surface area contributed by atoms with Gasteiger partial charge in [-0.15, -0.1) is 0 Å². The highest BCUT2D eigenvalue weighted by atomic mass is 16.6. The first kappa shape index (κ1) is 15.2. The summed E-state index contributed by atoms with van der Waals surface area (Å²) in [6.45, 7) is -0.481. The number of ether oxygens (including phenoxy) is 1. The van der Waals surface area contributed by atoms with Crippen LogP contribution in [0.2, 0.25) is 0 Å². The summed E-state index contributed by atoms with van der Waals surface area (Å²) in [5.41, 5.74) is 0.278. The second-order valence-electron chi connectivity index (χ2n) is 3.69. The first-order valence-electron chi connectivity index (χ1n) is 5.49. The zero-order chi connectivity index (χ0) is 15.1. The number of carbonyl (C=O) groups is 2. The van der Waals surface area contributed by atoms with E-state index in [2.05, 4.69) is 10.6 Å². The number of carboxylic acid groups (broad SMARTS) is 1. The SMILES string of the molecule is COc1ccc(CNC(=O)NCC(=O)O)cc1[N+](=O)[O-]. The molecule has 9 heteroatoms. The minimum Gasteiger partial charge on any atom is -0.490 e. The Morgan fingerprint density at radius 1 is 1.40 bits per heavy atom. The van der Waals surface area contributed by atoms with Crippen molar-refractivity contribution in [1.29, 1.82) is 0 Å². The number of hydrogen-bond acceptors (Lipinski definition) is 5. The number of benzene rings is 1. The third kappa shape index (κ3) is 4.44. The lowest BCUT2D eigenvalue weighted by atomic mass is 10.2. The van der Waals surface area contributed by atoms with Gasteiger partial charge in [-0.25, -0.2) is 4.79 Å². The molecule has 2 amide bonds. The summed E-state index contributed by atoms with van der Waals surface area (Å²) in [4.78, 5) is 31.7. The number of carbonyl (C=O) groups excluding carboxylic acids is 1. The smallest absolute Gasteiger partial charge is 0.323 e. The molecule has 0 saturated heterocycles. The third-order valence-electron chi connectivity index (χ3n) is 2.29. The highest BCUT2D eigenvalue weighted by Gasteiger charge is 2.15. The van der Waals surface area contributed by atoms with Crippen LogP contribution in [0.25, 0.3) is 0 Å². The molecule has 0 saturated carbocycles. The first-order valence-corrected chi connectivity index (χ1v) is 5.49. The molecule has 0 aromatic heterocycles. The van der Waals surface area contributed by atoms with Crippen molar-refractivity contribution in [2.24, 2.45) is 0 Å². The summed E-state index contributed by atoms with van der Waals surface area (Å²) in [5.74, 6) is -1.05. The van der Waals surface area contributed by atoms with Crippen molar-refractivity contribution < 1.29 is 24.4 Å². The Hall–Kier alpha value is -2.84. The number of urea groups is 1. The highest BCUT2D eigenvalue weighted by molar-refractivity contribution is 5.79. The summed E-state index contributed by atoms with van der Waals surface area (Å²) < 4.78 is 4.85. The van der Waals surface area contributed by atoms with E-state index >= 15 is 0 Å². The van der Waals surface area contributed by atoms with Gasteiger partial charge in [-0.3, -0.25) is 14.9 Å². The van der Waals surface area contributed by atoms with Gasteiger partial charge in [0.15, 0.2) is 5.75 Å². The number of aliphatic carboxylic acids is 1. The molecule has 0 atom stereocenters.